The zero-order valence-electron chi connectivity index (χ0n) is 9.56. The van der Waals surface area contributed by atoms with E-state index in [1.807, 2.05) is 18.2 Å². The van der Waals surface area contributed by atoms with Crippen molar-refractivity contribution in [3.8, 4) is 0 Å². The summed E-state index contributed by atoms with van der Waals surface area (Å²) in [5.41, 5.74) is 1.66. The van der Waals surface area contributed by atoms with E-state index in [0.29, 0.717) is 15.0 Å². The van der Waals surface area contributed by atoms with Crippen molar-refractivity contribution in [3.05, 3.63) is 28.7 Å². The van der Waals surface area contributed by atoms with Gasteiger partial charge in [0.05, 0.1) is 16.3 Å². The number of rotatable bonds is 1. The maximum absolute atomic E-state index is 11.6. The lowest BCUT2D eigenvalue weighted by Crippen LogP contribution is -2.18. The van der Waals surface area contributed by atoms with Gasteiger partial charge >= 0.3 is 0 Å². The minimum absolute atomic E-state index is 0.00327. The Kier molecular flexibility index (Phi) is 3.34. The Balaban J connectivity index is 1.92. The van der Waals surface area contributed by atoms with E-state index in [-0.39, 0.29) is 11.8 Å². The number of fused-ring (bicyclic) bond motifs is 1. The second kappa shape index (κ2) is 4.99. The van der Waals surface area contributed by atoms with Gasteiger partial charge < -0.3 is 10.6 Å². The molecule has 0 aromatic heterocycles. The van der Waals surface area contributed by atoms with Gasteiger partial charge in [0.15, 0.2) is 0 Å². The first-order valence-corrected chi connectivity index (χ1v) is 7.64. The smallest absolute Gasteiger partial charge is 0.263 e. The van der Waals surface area contributed by atoms with Gasteiger partial charge in [-0.3, -0.25) is 9.59 Å². The quantitative estimate of drug-likeness (QED) is 0.615. The molecular formula is C12H8N2O2S3. The van der Waals surface area contributed by atoms with Crippen molar-refractivity contribution in [2.75, 3.05) is 11.1 Å². The van der Waals surface area contributed by atoms with Crippen molar-refractivity contribution in [1.29, 1.82) is 0 Å². The molecule has 7 heteroatoms. The van der Waals surface area contributed by atoms with Gasteiger partial charge in [0.1, 0.15) is 4.32 Å². The molecule has 0 atom stereocenters. The second-order valence-electron chi connectivity index (χ2n) is 3.94. The predicted molar refractivity (Wildman–Crippen MR) is 82.1 cm³/mol. The van der Waals surface area contributed by atoms with Gasteiger partial charge in [-0.1, -0.05) is 30.0 Å². The Morgan fingerprint density at radius 2 is 2.11 bits per heavy atom. The van der Waals surface area contributed by atoms with E-state index in [0.717, 1.165) is 16.1 Å². The molecule has 4 nitrogen and oxygen atoms in total. The molecule has 1 fully saturated rings. The minimum atomic E-state index is -0.175. The molecule has 0 saturated carbocycles. The number of amides is 2. The molecule has 0 spiro atoms. The van der Waals surface area contributed by atoms with Crippen LogP contribution >= 0.6 is 35.7 Å². The molecule has 19 heavy (non-hydrogen) atoms. The number of nitrogens with one attached hydrogen (secondary N) is 2. The summed E-state index contributed by atoms with van der Waals surface area (Å²) in [6.07, 6.45) is 1.77. The van der Waals surface area contributed by atoms with Crippen LogP contribution in [0.25, 0.3) is 6.08 Å². The molecule has 0 aliphatic carbocycles. The third-order valence-electron chi connectivity index (χ3n) is 2.58. The van der Waals surface area contributed by atoms with Crippen LogP contribution in [0.5, 0.6) is 0 Å². The fraction of sp³-hybridized carbons (Fsp3) is 0.0833. The molecule has 3 rings (SSSR count). The lowest BCUT2D eigenvalue weighted by Gasteiger charge is -2.16. The summed E-state index contributed by atoms with van der Waals surface area (Å²) in [5, 5.41) is 5.39. The molecule has 96 valence electrons. The fourth-order valence-corrected chi connectivity index (χ4v) is 3.60. The van der Waals surface area contributed by atoms with Crippen LogP contribution in [-0.2, 0) is 9.59 Å². The molecular weight excluding hydrogens is 300 g/mol. The summed E-state index contributed by atoms with van der Waals surface area (Å²) in [4.78, 5) is 24.5. The van der Waals surface area contributed by atoms with Crippen LogP contribution in [0, 0.1) is 0 Å². The molecule has 1 aromatic carbocycles. The summed E-state index contributed by atoms with van der Waals surface area (Å²) in [7, 11) is 0. The molecule has 1 saturated heterocycles. The molecule has 2 amide bonds. The van der Waals surface area contributed by atoms with Crippen molar-refractivity contribution < 1.29 is 9.59 Å². The summed E-state index contributed by atoms with van der Waals surface area (Å²) in [6, 6.07) is 5.73. The third kappa shape index (κ3) is 2.68. The molecule has 2 N–H and O–H groups in total. The Morgan fingerprint density at radius 3 is 2.84 bits per heavy atom. The van der Waals surface area contributed by atoms with Gasteiger partial charge in [-0.15, -0.1) is 11.8 Å². The van der Waals surface area contributed by atoms with Crippen molar-refractivity contribution in [2.24, 2.45) is 0 Å². The van der Waals surface area contributed by atoms with E-state index in [4.69, 9.17) is 12.2 Å². The Bertz CT molecular complexity index is 640. The number of benzene rings is 1. The van der Waals surface area contributed by atoms with E-state index in [2.05, 4.69) is 10.6 Å². The van der Waals surface area contributed by atoms with Crippen molar-refractivity contribution in [3.63, 3.8) is 0 Å². The van der Waals surface area contributed by atoms with Crippen molar-refractivity contribution >= 4 is 63.6 Å². The van der Waals surface area contributed by atoms with Crippen molar-refractivity contribution in [2.45, 2.75) is 4.90 Å². The summed E-state index contributed by atoms with van der Waals surface area (Å²) in [6.45, 7) is 0. The van der Waals surface area contributed by atoms with Crippen LogP contribution in [0.1, 0.15) is 5.56 Å². The fourth-order valence-electron chi connectivity index (χ4n) is 1.76. The highest BCUT2D eigenvalue weighted by molar-refractivity contribution is 8.26. The van der Waals surface area contributed by atoms with E-state index in [1.54, 1.807) is 6.08 Å². The first-order chi connectivity index (χ1) is 9.11. The summed E-state index contributed by atoms with van der Waals surface area (Å²) >= 11 is 7.69. The van der Waals surface area contributed by atoms with E-state index in [1.165, 1.54) is 23.5 Å². The maximum atomic E-state index is 11.6. The van der Waals surface area contributed by atoms with Crippen LogP contribution in [0.4, 0.5) is 5.69 Å². The lowest BCUT2D eigenvalue weighted by atomic mass is 10.2. The Hall–Kier alpha value is -1.31. The van der Waals surface area contributed by atoms with Gasteiger partial charge in [0.2, 0.25) is 5.91 Å². The van der Waals surface area contributed by atoms with Crippen molar-refractivity contribution in [1.82, 2.24) is 5.32 Å². The van der Waals surface area contributed by atoms with Gasteiger partial charge in [-0.05, 0) is 23.8 Å². The Labute approximate surface area is 123 Å². The molecule has 0 unspecified atom stereocenters. The zero-order valence-corrected chi connectivity index (χ0v) is 12.0. The molecule has 2 aliphatic heterocycles. The summed E-state index contributed by atoms with van der Waals surface area (Å²) in [5.74, 6) is 0.266. The number of anilines is 1. The molecule has 1 aromatic rings. The first-order valence-electron chi connectivity index (χ1n) is 5.43. The van der Waals surface area contributed by atoms with E-state index < -0.39 is 0 Å². The molecule has 0 radical (unpaired) electrons. The predicted octanol–water partition coefficient (Wildman–Crippen LogP) is 2.22. The lowest BCUT2D eigenvalue weighted by molar-refractivity contribution is -0.115. The zero-order chi connectivity index (χ0) is 13.4. The van der Waals surface area contributed by atoms with Crippen LogP contribution in [-0.4, -0.2) is 21.9 Å². The molecule has 0 bridgehead atoms. The maximum Gasteiger partial charge on any atom is 0.263 e. The average molecular weight is 308 g/mol. The topological polar surface area (TPSA) is 58.2 Å². The number of thiocarbonyl (C=S) groups is 1. The second-order valence-corrected chi connectivity index (χ2v) is 6.68. The van der Waals surface area contributed by atoms with E-state index >= 15 is 0 Å². The molecule has 2 aliphatic rings. The van der Waals surface area contributed by atoms with Gasteiger partial charge in [-0.25, -0.2) is 0 Å². The van der Waals surface area contributed by atoms with Gasteiger partial charge in [0, 0.05) is 4.90 Å². The highest BCUT2D eigenvalue weighted by Crippen LogP contribution is 2.33. The summed E-state index contributed by atoms with van der Waals surface area (Å²) < 4.78 is 0.470. The van der Waals surface area contributed by atoms with Crippen LogP contribution in [0.2, 0.25) is 0 Å². The largest absolute Gasteiger partial charge is 0.324 e. The highest BCUT2D eigenvalue weighted by Gasteiger charge is 2.22. The van der Waals surface area contributed by atoms with Gasteiger partial charge in [0.25, 0.3) is 5.91 Å². The minimum Gasteiger partial charge on any atom is -0.324 e. The monoisotopic (exact) mass is 308 g/mol. The van der Waals surface area contributed by atoms with Gasteiger partial charge in [-0.2, -0.15) is 0 Å². The number of carbonyl (C=O) groups excluding carboxylic acids is 2. The SMILES string of the molecule is O=C1CSc2ccc(/C=C3/SC(=S)NC3=O)cc2N1. The van der Waals surface area contributed by atoms with Crippen LogP contribution in [0.3, 0.4) is 0 Å². The van der Waals surface area contributed by atoms with Crippen LogP contribution < -0.4 is 10.6 Å². The van der Waals surface area contributed by atoms with Crippen LogP contribution in [0.15, 0.2) is 28.0 Å². The number of hydrogen-bond acceptors (Lipinski definition) is 5. The highest BCUT2D eigenvalue weighted by atomic mass is 32.2. The number of carbonyl (C=O) groups is 2. The first kappa shape index (κ1) is 12.7. The Morgan fingerprint density at radius 1 is 1.26 bits per heavy atom. The standard InChI is InChI=1S/C12H8N2O2S3/c15-10-5-18-8-2-1-6(3-7(8)13-10)4-9-11(16)14-12(17)19-9/h1-4H,5H2,(H,13,15)(H,14,16,17)/b9-4+. The normalized spacial score (nSPS) is 20.2. The molecule has 2 heterocycles. The average Bonchev–Trinajstić information content (AvgIpc) is 2.67. The number of hydrogen-bond donors (Lipinski definition) is 2. The number of thioether (sulfide) groups is 2. The third-order valence-corrected chi connectivity index (χ3v) is 4.81. The van der Waals surface area contributed by atoms with E-state index in [9.17, 15) is 9.59 Å².